The molecule has 2 aromatic heterocycles. The zero-order chi connectivity index (χ0) is 21.8. The lowest BCUT2D eigenvalue weighted by molar-refractivity contribution is -0.380. The maximum atomic E-state index is 13.5. The van der Waals surface area contributed by atoms with E-state index in [0.717, 1.165) is 27.7 Å². The zero-order valence-electron chi connectivity index (χ0n) is 15.7. The highest BCUT2D eigenvalue weighted by Crippen LogP contribution is 2.30. The van der Waals surface area contributed by atoms with Crippen molar-refractivity contribution in [3.63, 3.8) is 0 Å². The number of hydrazone groups is 1. The van der Waals surface area contributed by atoms with Crippen molar-refractivity contribution in [1.29, 1.82) is 0 Å². The number of thiazole rings is 1. The molecule has 1 amide bonds. The van der Waals surface area contributed by atoms with Crippen LogP contribution in [0, 0.1) is 15.9 Å². The van der Waals surface area contributed by atoms with Crippen LogP contribution in [-0.4, -0.2) is 28.6 Å². The molecule has 11 heteroatoms. The number of aromatic nitrogens is 1. The maximum Gasteiger partial charge on any atom is 0.324 e. The Morgan fingerprint density at radius 2 is 2.00 bits per heavy atom. The summed E-state index contributed by atoms with van der Waals surface area (Å²) in [6.07, 6.45) is 1.34. The first-order valence-electron chi connectivity index (χ1n) is 8.85. The van der Waals surface area contributed by atoms with Crippen LogP contribution in [0.2, 0.25) is 0 Å². The zero-order valence-corrected chi connectivity index (χ0v) is 17.3. The number of rotatable bonds is 7. The van der Waals surface area contributed by atoms with Crippen LogP contribution >= 0.6 is 22.7 Å². The van der Waals surface area contributed by atoms with Gasteiger partial charge in [0, 0.05) is 6.07 Å². The van der Waals surface area contributed by atoms with Gasteiger partial charge in [-0.25, -0.2) is 9.37 Å². The first-order chi connectivity index (χ1) is 15.0. The van der Waals surface area contributed by atoms with Crippen LogP contribution < -0.4 is 9.75 Å². The minimum absolute atomic E-state index is 0.0396. The Labute approximate surface area is 183 Å². The molecular weight excluding hydrogens is 443 g/mol. The van der Waals surface area contributed by atoms with E-state index >= 15 is 0 Å². The van der Waals surface area contributed by atoms with E-state index in [2.05, 4.69) is 10.1 Å². The van der Waals surface area contributed by atoms with Crippen molar-refractivity contribution >= 4 is 55.1 Å². The van der Waals surface area contributed by atoms with Crippen molar-refractivity contribution in [1.82, 2.24) is 4.98 Å². The van der Waals surface area contributed by atoms with Gasteiger partial charge in [-0.05, 0) is 36.4 Å². The van der Waals surface area contributed by atoms with Gasteiger partial charge >= 0.3 is 5.00 Å². The molecule has 4 rings (SSSR count). The quantitative estimate of drug-likeness (QED) is 0.225. The molecule has 0 fully saturated rings. The predicted molar refractivity (Wildman–Crippen MR) is 118 cm³/mol. The Morgan fingerprint density at radius 3 is 2.74 bits per heavy atom. The van der Waals surface area contributed by atoms with Crippen molar-refractivity contribution in [2.75, 3.05) is 11.6 Å². The van der Waals surface area contributed by atoms with Gasteiger partial charge in [0.1, 0.15) is 11.6 Å². The number of benzene rings is 2. The summed E-state index contributed by atoms with van der Waals surface area (Å²) >= 11 is 2.02. The average Bonchev–Trinajstić information content (AvgIpc) is 3.40. The van der Waals surface area contributed by atoms with Gasteiger partial charge in [-0.15, -0.1) is 0 Å². The number of fused-ring (bicyclic) bond motifs is 1. The van der Waals surface area contributed by atoms with E-state index < -0.39 is 16.6 Å². The van der Waals surface area contributed by atoms with Gasteiger partial charge < -0.3 is 4.74 Å². The number of nitro groups is 1. The lowest BCUT2D eigenvalue weighted by atomic mass is 10.3. The summed E-state index contributed by atoms with van der Waals surface area (Å²) in [6, 6.07) is 15.8. The second kappa shape index (κ2) is 8.98. The summed E-state index contributed by atoms with van der Waals surface area (Å²) in [4.78, 5) is 28.1. The van der Waals surface area contributed by atoms with Gasteiger partial charge in [0.25, 0.3) is 5.91 Å². The van der Waals surface area contributed by atoms with Crippen molar-refractivity contribution < 1.29 is 18.8 Å². The van der Waals surface area contributed by atoms with E-state index in [1.807, 2.05) is 6.07 Å². The van der Waals surface area contributed by atoms with Crippen LogP contribution in [0.15, 0.2) is 65.8 Å². The van der Waals surface area contributed by atoms with Crippen molar-refractivity contribution in [3.8, 4) is 5.75 Å². The fourth-order valence-corrected chi connectivity index (χ4v) is 4.20. The molecule has 2 aromatic carbocycles. The predicted octanol–water partition coefficient (Wildman–Crippen LogP) is 4.85. The fourth-order valence-electron chi connectivity index (χ4n) is 2.54. The monoisotopic (exact) mass is 456 g/mol. The maximum absolute atomic E-state index is 13.5. The Balaban J connectivity index is 1.62. The molecule has 0 spiro atoms. The van der Waals surface area contributed by atoms with Crippen molar-refractivity contribution in [2.45, 2.75) is 0 Å². The summed E-state index contributed by atoms with van der Waals surface area (Å²) in [7, 11) is 0. The molecule has 8 nitrogen and oxygen atoms in total. The number of hydrogen-bond acceptors (Lipinski definition) is 8. The van der Waals surface area contributed by atoms with Gasteiger partial charge in [-0.3, -0.25) is 14.9 Å². The topological polar surface area (TPSA) is 97.9 Å². The van der Waals surface area contributed by atoms with E-state index in [4.69, 9.17) is 4.74 Å². The van der Waals surface area contributed by atoms with Crippen LogP contribution in [0.3, 0.4) is 0 Å². The van der Waals surface area contributed by atoms with Crippen LogP contribution in [0.25, 0.3) is 10.2 Å². The molecule has 0 radical (unpaired) electrons. The first kappa shape index (κ1) is 20.6. The number of thiophene rings is 1. The van der Waals surface area contributed by atoms with Gasteiger partial charge in [0.05, 0.1) is 26.2 Å². The van der Waals surface area contributed by atoms with Gasteiger partial charge in [-0.2, -0.15) is 10.1 Å². The number of carbonyl (C=O) groups excluding carboxylic acids is 1. The summed E-state index contributed by atoms with van der Waals surface area (Å²) in [5, 5.41) is 16.3. The Kier molecular flexibility index (Phi) is 5.96. The summed E-state index contributed by atoms with van der Waals surface area (Å²) in [5.74, 6) is -0.409. The summed E-state index contributed by atoms with van der Waals surface area (Å²) in [6.45, 7) is -0.309. The molecule has 0 bridgehead atoms. The highest BCUT2D eigenvalue weighted by atomic mass is 32.1. The number of nitrogens with zero attached hydrogens (tertiary/aromatic N) is 4. The number of ether oxygens (including phenoxy) is 1. The Morgan fingerprint density at radius 1 is 1.19 bits per heavy atom. The van der Waals surface area contributed by atoms with Gasteiger partial charge in [0.15, 0.2) is 6.61 Å². The Bertz CT molecular complexity index is 1270. The molecular formula is C20H13FN4O4S2. The second-order valence-corrected chi connectivity index (χ2v) is 8.20. The third kappa shape index (κ3) is 4.90. The molecule has 31 heavy (non-hydrogen) atoms. The standard InChI is InChI=1S/C20H13FN4O4S2/c21-13-6-8-16-17(10-13)31-20(23-16)24(18(26)12-29-14-4-2-1-3-5-14)22-11-15-7-9-19(30-15)25(27)28/h1-11H,12H2/b22-11+. The van der Waals surface area contributed by atoms with E-state index in [1.54, 1.807) is 24.3 Å². The number of anilines is 1. The lowest BCUT2D eigenvalue weighted by Crippen LogP contribution is -2.30. The minimum Gasteiger partial charge on any atom is -0.484 e. The molecule has 0 saturated heterocycles. The Hall–Kier alpha value is -3.70. The number of para-hydroxylation sites is 1. The van der Waals surface area contributed by atoms with Crippen LogP contribution in [0.4, 0.5) is 14.5 Å². The second-order valence-electron chi connectivity index (χ2n) is 6.09. The molecule has 156 valence electrons. The SMILES string of the molecule is O=C(COc1ccccc1)N(/N=C/c1ccc([N+](=O)[O-])s1)c1nc2ccc(F)cc2s1. The highest BCUT2D eigenvalue weighted by Gasteiger charge is 2.20. The number of amides is 1. The van der Waals surface area contributed by atoms with Gasteiger partial charge in [0.2, 0.25) is 5.13 Å². The normalized spacial score (nSPS) is 11.1. The first-order valence-corrected chi connectivity index (χ1v) is 10.5. The molecule has 0 saturated carbocycles. The molecule has 0 unspecified atom stereocenters. The molecule has 0 atom stereocenters. The third-order valence-electron chi connectivity index (χ3n) is 3.96. The largest absolute Gasteiger partial charge is 0.484 e. The van der Waals surface area contributed by atoms with Crippen LogP contribution in [0.5, 0.6) is 5.75 Å². The minimum atomic E-state index is -0.509. The molecule has 0 aliphatic heterocycles. The van der Waals surface area contributed by atoms with Crippen molar-refractivity contribution in [3.05, 3.63) is 81.5 Å². The molecule has 0 N–H and O–H groups in total. The number of halogens is 1. The number of carbonyl (C=O) groups is 1. The summed E-state index contributed by atoms with van der Waals surface area (Å²) in [5.41, 5.74) is 0.519. The lowest BCUT2D eigenvalue weighted by Gasteiger charge is -2.14. The average molecular weight is 456 g/mol. The molecule has 4 aromatic rings. The van der Waals surface area contributed by atoms with E-state index in [0.29, 0.717) is 20.8 Å². The van der Waals surface area contributed by atoms with Crippen LogP contribution in [0.1, 0.15) is 4.88 Å². The summed E-state index contributed by atoms with van der Waals surface area (Å²) < 4.78 is 19.6. The van der Waals surface area contributed by atoms with E-state index in [-0.39, 0.29) is 16.7 Å². The van der Waals surface area contributed by atoms with E-state index in [9.17, 15) is 19.3 Å². The number of hydrogen-bond donors (Lipinski definition) is 0. The highest BCUT2D eigenvalue weighted by molar-refractivity contribution is 7.22. The van der Waals surface area contributed by atoms with E-state index in [1.165, 1.54) is 36.5 Å². The van der Waals surface area contributed by atoms with Gasteiger partial charge in [-0.1, -0.05) is 40.9 Å². The molecule has 2 heterocycles. The molecule has 0 aliphatic rings. The van der Waals surface area contributed by atoms with Crippen molar-refractivity contribution in [2.24, 2.45) is 5.10 Å². The smallest absolute Gasteiger partial charge is 0.324 e. The van der Waals surface area contributed by atoms with Crippen LogP contribution in [-0.2, 0) is 4.79 Å². The fraction of sp³-hybridized carbons (Fsp3) is 0.0500. The third-order valence-corrected chi connectivity index (χ3v) is 5.92. The molecule has 0 aliphatic carbocycles.